The van der Waals surface area contributed by atoms with Crippen LogP contribution < -0.4 is 4.74 Å². The van der Waals surface area contributed by atoms with Crippen molar-refractivity contribution in [3.63, 3.8) is 0 Å². The molecule has 1 heterocycles. The average Bonchev–Trinajstić information content (AvgIpc) is 3.15. The summed E-state index contributed by atoms with van der Waals surface area (Å²) in [6.45, 7) is 0.331. The van der Waals surface area contributed by atoms with E-state index in [9.17, 15) is 37.4 Å². The zero-order valence-corrected chi connectivity index (χ0v) is 15.0. The van der Waals surface area contributed by atoms with E-state index in [1.54, 1.807) is 11.0 Å². The largest absolute Gasteiger partial charge is 0.496 e. The Hall–Kier alpha value is -2.89. The van der Waals surface area contributed by atoms with E-state index in [1.165, 1.54) is 19.2 Å². The summed E-state index contributed by atoms with van der Waals surface area (Å²) in [6.07, 6.45) is -4.95. The molecule has 0 spiro atoms. The van der Waals surface area contributed by atoms with Gasteiger partial charge in [-0.25, -0.2) is 9.18 Å². The molecule has 2 atom stereocenters. The molecule has 0 unspecified atom stereocenters. The van der Waals surface area contributed by atoms with Gasteiger partial charge in [0.2, 0.25) is 0 Å². The molecule has 12 heteroatoms. The lowest BCUT2D eigenvalue weighted by Crippen LogP contribution is -2.28. The van der Waals surface area contributed by atoms with Crippen molar-refractivity contribution < 1.29 is 52.0 Å². The molecule has 1 aromatic carbocycles. The number of methoxy groups -OCH3 is 1. The van der Waals surface area contributed by atoms with Gasteiger partial charge in [0, 0.05) is 25.2 Å². The third-order valence-corrected chi connectivity index (χ3v) is 5.12. The summed E-state index contributed by atoms with van der Waals surface area (Å²) in [5.74, 6) is -5.04. The second kappa shape index (κ2) is 7.50. The molecule has 1 aliphatic heterocycles. The van der Waals surface area contributed by atoms with Crippen molar-refractivity contribution in [3.8, 4) is 5.75 Å². The zero-order chi connectivity index (χ0) is 22.2. The van der Waals surface area contributed by atoms with Crippen LogP contribution in [0.15, 0.2) is 18.2 Å². The Kier molecular flexibility index (Phi) is 5.79. The molecule has 3 N–H and O–H groups in total. The summed E-state index contributed by atoms with van der Waals surface area (Å²) in [6, 6.07) is 4.44. The van der Waals surface area contributed by atoms with E-state index in [0.717, 1.165) is 0 Å². The number of hydrogen-bond acceptors (Lipinski definition) is 5. The number of nitrogens with zero attached hydrogens (tertiary/aromatic N) is 1. The van der Waals surface area contributed by atoms with Crippen LogP contribution in [0.3, 0.4) is 0 Å². The quantitative estimate of drug-likeness (QED) is 0.613. The van der Waals surface area contributed by atoms with Gasteiger partial charge < -0.3 is 20.1 Å². The van der Waals surface area contributed by atoms with E-state index < -0.39 is 40.7 Å². The average molecular weight is 423 g/mol. The smallest absolute Gasteiger partial charge is 0.490 e. The predicted octanol–water partition coefficient (Wildman–Crippen LogP) is 1.83. The highest BCUT2D eigenvalue weighted by atomic mass is 19.4. The van der Waals surface area contributed by atoms with Crippen LogP contribution in [0.5, 0.6) is 5.75 Å². The first kappa shape index (κ1) is 22.4. The Morgan fingerprint density at radius 3 is 1.97 bits per heavy atom. The third kappa shape index (κ3) is 3.97. The van der Waals surface area contributed by atoms with Crippen LogP contribution in [-0.4, -0.2) is 64.5 Å². The molecule has 160 valence electrons. The van der Waals surface area contributed by atoms with Gasteiger partial charge in [0.15, 0.2) is 0 Å². The van der Waals surface area contributed by atoms with Crippen molar-refractivity contribution in [2.45, 2.75) is 19.1 Å². The molecule has 0 bridgehead atoms. The number of hydrogen-bond donors (Lipinski definition) is 3. The molecule has 2 fully saturated rings. The van der Waals surface area contributed by atoms with Gasteiger partial charge >= 0.3 is 24.1 Å². The van der Waals surface area contributed by atoms with Crippen molar-refractivity contribution in [2.24, 2.45) is 10.8 Å². The van der Waals surface area contributed by atoms with Crippen molar-refractivity contribution >= 4 is 17.9 Å². The number of ether oxygens (including phenoxy) is 1. The lowest BCUT2D eigenvalue weighted by atomic mass is 9.97. The fourth-order valence-electron chi connectivity index (χ4n) is 3.62. The van der Waals surface area contributed by atoms with Gasteiger partial charge in [0.25, 0.3) is 0 Å². The van der Waals surface area contributed by atoms with Crippen molar-refractivity contribution in [1.82, 2.24) is 4.90 Å². The molecular weight excluding hydrogens is 406 g/mol. The van der Waals surface area contributed by atoms with Crippen molar-refractivity contribution in [3.05, 3.63) is 29.6 Å². The summed E-state index contributed by atoms with van der Waals surface area (Å²) in [4.78, 5) is 33.5. The van der Waals surface area contributed by atoms with Gasteiger partial charge in [-0.15, -0.1) is 0 Å². The number of alkyl halides is 3. The molecule has 8 nitrogen and oxygen atoms in total. The van der Waals surface area contributed by atoms with Crippen LogP contribution in [0, 0.1) is 16.6 Å². The van der Waals surface area contributed by atoms with Crippen LogP contribution in [0.4, 0.5) is 17.6 Å². The number of carboxylic acids is 3. The van der Waals surface area contributed by atoms with Crippen molar-refractivity contribution in [1.29, 1.82) is 0 Å². The van der Waals surface area contributed by atoms with Crippen LogP contribution in [0.1, 0.15) is 12.0 Å². The maximum Gasteiger partial charge on any atom is 0.490 e. The summed E-state index contributed by atoms with van der Waals surface area (Å²) in [5, 5.41) is 25.9. The SMILES string of the molecule is COc1cccc(F)c1CN1C[C@@]2(C(=O)O)C[C@@]2(C(=O)O)C1.O=C(O)C(F)(F)F. The first-order valence-corrected chi connectivity index (χ1v) is 8.11. The second-order valence-corrected chi connectivity index (χ2v) is 6.82. The van der Waals surface area contributed by atoms with Gasteiger partial charge in [-0.05, 0) is 18.6 Å². The molecule has 29 heavy (non-hydrogen) atoms. The molecular formula is C17H17F4NO7. The highest BCUT2D eigenvalue weighted by Gasteiger charge is 2.80. The van der Waals surface area contributed by atoms with Crippen molar-refractivity contribution in [2.75, 3.05) is 20.2 Å². The van der Waals surface area contributed by atoms with E-state index >= 15 is 0 Å². The number of piperidine rings is 1. The minimum absolute atomic E-state index is 0.103. The Morgan fingerprint density at radius 1 is 1.10 bits per heavy atom. The molecule has 1 aromatic rings. The highest BCUT2D eigenvalue weighted by molar-refractivity contribution is 5.94. The highest BCUT2D eigenvalue weighted by Crippen LogP contribution is 2.68. The number of carboxylic acid groups (broad SMARTS) is 3. The second-order valence-electron chi connectivity index (χ2n) is 6.82. The summed E-state index contributed by atoms with van der Waals surface area (Å²) in [7, 11) is 1.43. The minimum atomic E-state index is -5.08. The summed E-state index contributed by atoms with van der Waals surface area (Å²) in [5.41, 5.74) is -2.19. The fourth-order valence-corrected chi connectivity index (χ4v) is 3.62. The molecule has 2 aliphatic rings. The monoisotopic (exact) mass is 423 g/mol. The Balaban J connectivity index is 0.000000370. The van der Waals surface area contributed by atoms with Crippen LogP contribution >= 0.6 is 0 Å². The van der Waals surface area contributed by atoms with Crippen LogP contribution in [0.2, 0.25) is 0 Å². The minimum Gasteiger partial charge on any atom is -0.496 e. The Morgan fingerprint density at radius 2 is 1.59 bits per heavy atom. The van der Waals surface area contributed by atoms with E-state index in [-0.39, 0.29) is 26.1 Å². The van der Waals surface area contributed by atoms with Gasteiger partial charge in [-0.1, -0.05) is 6.07 Å². The third-order valence-electron chi connectivity index (χ3n) is 5.12. The number of carbonyl (C=O) groups is 3. The molecule has 3 rings (SSSR count). The number of benzene rings is 1. The lowest BCUT2D eigenvalue weighted by molar-refractivity contribution is -0.192. The first-order chi connectivity index (χ1) is 13.3. The van der Waals surface area contributed by atoms with E-state index in [2.05, 4.69) is 0 Å². The fraction of sp³-hybridized carbons (Fsp3) is 0.471. The maximum atomic E-state index is 14.0. The standard InChI is InChI=1S/C15H16FNO5.C2HF3O2/c1-22-11-4-2-3-10(16)9(11)5-17-7-14(12(18)19)6-15(14,8-17)13(20)21;3-2(4,5)1(6)7/h2-4H,5-8H2,1H3,(H,18,19)(H,20,21);(H,6,7)/t14-,15+;. The molecule has 1 saturated carbocycles. The molecule has 1 saturated heterocycles. The predicted molar refractivity (Wildman–Crippen MR) is 86.7 cm³/mol. The maximum absolute atomic E-state index is 14.0. The summed E-state index contributed by atoms with van der Waals surface area (Å²) >= 11 is 0. The molecule has 0 amide bonds. The summed E-state index contributed by atoms with van der Waals surface area (Å²) < 4.78 is 50.8. The number of aliphatic carboxylic acids is 3. The van der Waals surface area contributed by atoms with E-state index in [4.69, 9.17) is 14.6 Å². The zero-order valence-electron chi connectivity index (χ0n) is 15.0. The van der Waals surface area contributed by atoms with Gasteiger partial charge in [-0.3, -0.25) is 14.5 Å². The van der Waals surface area contributed by atoms with E-state index in [0.29, 0.717) is 11.3 Å². The molecule has 0 aromatic heterocycles. The van der Waals surface area contributed by atoms with Gasteiger partial charge in [0.05, 0.1) is 17.9 Å². The Bertz CT molecular complexity index is 816. The first-order valence-electron chi connectivity index (χ1n) is 8.11. The van der Waals surface area contributed by atoms with Gasteiger partial charge in [0.1, 0.15) is 11.6 Å². The van der Waals surface area contributed by atoms with Crippen LogP contribution in [-0.2, 0) is 20.9 Å². The normalized spacial score (nSPS) is 25.4. The number of likely N-dealkylation sites (tertiary alicyclic amines) is 1. The lowest BCUT2D eigenvalue weighted by Gasteiger charge is -2.21. The topological polar surface area (TPSA) is 124 Å². The van der Waals surface area contributed by atoms with E-state index in [1.807, 2.05) is 0 Å². The molecule has 0 radical (unpaired) electrons. The number of rotatable bonds is 5. The van der Waals surface area contributed by atoms with Gasteiger partial charge in [-0.2, -0.15) is 13.2 Å². The molecule has 1 aliphatic carbocycles. The number of fused-ring (bicyclic) bond motifs is 1. The number of halogens is 4. The Labute approximate surface area is 161 Å². The van der Waals surface area contributed by atoms with Crippen LogP contribution in [0.25, 0.3) is 0 Å².